The summed E-state index contributed by atoms with van der Waals surface area (Å²) in [6.07, 6.45) is 6.23. The first-order valence-corrected chi connectivity index (χ1v) is 15.1. The molecule has 0 aliphatic carbocycles. The van der Waals surface area contributed by atoms with E-state index in [0.717, 1.165) is 31.5 Å². The molecule has 8 nitrogen and oxygen atoms in total. The van der Waals surface area contributed by atoms with Crippen LogP contribution in [0.15, 0.2) is 41.3 Å². The molecule has 0 radical (unpaired) electrons. The van der Waals surface area contributed by atoms with Gasteiger partial charge in [-0.25, -0.2) is 8.42 Å². The van der Waals surface area contributed by atoms with E-state index in [1.54, 1.807) is 37.4 Å². The summed E-state index contributed by atoms with van der Waals surface area (Å²) in [5, 5.41) is 2.91. The molecule has 1 atom stereocenters. The van der Waals surface area contributed by atoms with Gasteiger partial charge in [0.1, 0.15) is 12.4 Å². The van der Waals surface area contributed by atoms with Crippen molar-refractivity contribution in [2.75, 3.05) is 44.9 Å². The number of hydrogen-bond acceptors (Lipinski definition) is 6. The Bertz CT molecular complexity index is 1170. The molecule has 0 bridgehead atoms. The lowest BCUT2D eigenvalue weighted by atomic mass is 10.1. The molecule has 0 spiro atoms. The third kappa shape index (κ3) is 6.87. The van der Waals surface area contributed by atoms with Gasteiger partial charge >= 0.3 is 0 Å². The molecule has 1 amide bonds. The first-order valence-electron chi connectivity index (χ1n) is 13.6. The minimum Gasteiger partial charge on any atom is -0.497 e. The second kappa shape index (κ2) is 13.0. The van der Waals surface area contributed by atoms with Gasteiger partial charge in [-0.15, -0.1) is 0 Å². The summed E-state index contributed by atoms with van der Waals surface area (Å²) < 4.78 is 39.9. The fraction of sp³-hybridized carbons (Fsp3) is 0.552. The standard InChI is InChI=1S/C29H41N3O5S/c1-22-17-27(36-3)18-23(2)29(22)38(34,35)32-16-8-5-9-26(32)20-37-21-28(33)30-19-24-10-12-25(13-11-24)31-14-6-4-7-15-31/h10-13,17-18,26H,4-9,14-16,19-21H2,1-3H3,(H,30,33). The average Bonchev–Trinajstić information content (AvgIpc) is 2.92. The van der Waals surface area contributed by atoms with Gasteiger partial charge in [0.2, 0.25) is 15.9 Å². The molecule has 2 aliphatic rings. The van der Waals surface area contributed by atoms with E-state index in [9.17, 15) is 13.2 Å². The van der Waals surface area contributed by atoms with Crippen LogP contribution in [0.25, 0.3) is 0 Å². The Labute approximate surface area is 227 Å². The van der Waals surface area contributed by atoms with Crippen molar-refractivity contribution < 1.29 is 22.7 Å². The van der Waals surface area contributed by atoms with Crippen molar-refractivity contribution in [1.29, 1.82) is 0 Å². The highest BCUT2D eigenvalue weighted by Crippen LogP contribution is 2.32. The zero-order valence-electron chi connectivity index (χ0n) is 22.9. The molecule has 0 aromatic heterocycles. The fourth-order valence-corrected chi connectivity index (χ4v) is 7.62. The Morgan fingerprint density at radius 3 is 2.29 bits per heavy atom. The quantitative estimate of drug-likeness (QED) is 0.484. The van der Waals surface area contributed by atoms with Crippen molar-refractivity contribution in [2.24, 2.45) is 0 Å². The Kier molecular flexibility index (Phi) is 9.68. The van der Waals surface area contributed by atoms with E-state index in [2.05, 4.69) is 34.5 Å². The first-order chi connectivity index (χ1) is 18.3. The van der Waals surface area contributed by atoms with Gasteiger partial charge in [0.15, 0.2) is 0 Å². The molecule has 9 heteroatoms. The monoisotopic (exact) mass is 543 g/mol. The fourth-order valence-electron chi connectivity index (χ4n) is 5.53. The van der Waals surface area contributed by atoms with Crippen LogP contribution in [0.4, 0.5) is 5.69 Å². The highest BCUT2D eigenvalue weighted by Gasteiger charge is 2.35. The zero-order chi connectivity index (χ0) is 27.1. The van der Waals surface area contributed by atoms with Gasteiger partial charge < -0.3 is 19.7 Å². The van der Waals surface area contributed by atoms with Crippen LogP contribution >= 0.6 is 0 Å². The largest absolute Gasteiger partial charge is 0.497 e. The molecule has 2 aromatic carbocycles. The van der Waals surface area contributed by atoms with E-state index in [1.807, 2.05) is 0 Å². The number of sulfonamides is 1. The number of ether oxygens (including phenoxy) is 2. The summed E-state index contributed by atoms with van der Waals surface area (Å²) in [5.74, 6) is 0.429. The highest BCUT2D eigenvalue weighted by atomic mass is 32.2. The molecule has 4 rings (SSSR count). The molecule has 2 heterocycles. The number of nitrogens with zero attached hydrogens (tertiary/aromatic N) is 2. The summed E-state index contributed by atoms with van der Waals surface area (Å²) >= 11 is 0. The van der Waals surface area contributed by atoms with Crippen molar-refractivity contribution >= 4 is 21.6 Å². The number of amides is 1. The van der Waals surface area contributed by atoms with Gasteiger partial charge in [-0.2, -0.15) is 4.31 Å². The van der Waals surface area contributed by atoms with Gasteiger partial charge in [-0.05, 0) is 86.9 Å². The van der Waals surface area contributed by atoms with E-state index in [0.29, 0.717) is 41.3 Å². The molecule has 38 heavy (non-hydrogen) atoms. The number of anilines is 1. The predicted molar refractivity (Wildman–Crippen MR) is 149 cm³/mol. The minimum absolute atomic E-state index is 0.100. The lowest BCUT2D eigenvalue weighted by Gasteiger charge is -2.35. The maximum atomic E-state index is 13.7. The van der Waals surface area contributed by atoms with Crippen LogP contribution in [0.5, 0.6) is 5.75 Å². The van der Waals surface area contributed by atoms with Crippen LogP contribution < -0.4 is 15.0 Å². The molecular weight excluding hydrogens is 502 g/mol. The zero-order valence-corrected chi connectivity index (χ0v) is 23.7. The number of piperidine rings is 2. The second-order valence-corrected chi connectivity index (χ2v) is 12.2. The van der Waals surface area contributed by atoms with Crippen molar-refractivity contribution in [3.05, 3.63) is 53.1 Å². The second-order valence-electron chi connectivity index (χ2n) is 10.4. The van der Waals surface area contributed by atoms with Crippen molar-refractivity contribution in [3.8, 4) is 5.75 Å². The maximum Gasteiger partial charge on any atom is 0.246 e. The van der Waals surface area contributed by atoms with Crippen LogP contribution in [0.1, 0.15) is 55.2 Å². The molecule has 1 N–H and O–H groups in total. The molecule has 2 aliphatic heterocycles. The van der Waals surface area contributed by atoms with Crippen LogP contribution in [0.3, 0.4) is 0 Å². The molecule has 0 saturated carbocycles. The van der Waals surface area contributed by atoms with Crippen LogP contribution in [0, 0.1) is 13.8 Å². The Balaban J connectivity index is 1.29. The molecule has 2 saturated heterocycles. The molecule has 208 valence electrons. The van der Waals surface area contributed by atoms with Gasteiger partial charge in [0, 0.05) is 37.9 Å². The molecular formula is C29H41N3O5S. The van der Waals surface area contributed by atoms with Crippen LogP contribution in [-0.2, 0) is 26.1 Å². The number of methoxy groups -OCH3 is 1. The molecule has 2 aromatic rings. The lowest BCUT2D eigenvalue weighted by Crippen LogP contribution is -2.46. The topological polar surface area (TPSA) is 88.2 Å². The smallest absolute Gasteiger partial charge is 0.246 e. The highest BCUT2D eigenvalue weighted by molar-refractivity contribution is 7.89. The van der Waals surface area contributed by atoms with Crippen molar-refractivity contribution in [3.63, 3.8) is 0 Å². The summed E-state index contributed by atoms with van der Waals surface area (Å²) in [6, 6.07) is 11.5. The molecule has 1 unspecified atom stereocenters. The third-order valence-electron chi connectivity index (χ3n) is 7.50. The molecule has 2 fully saturated rings. The summed E-state index contributed by atoms with van der Waals surface area (Å²) in [5.41, 5.74) is 3.59. The third-order valence-corrected chi connectivity index (χ3v) is 9.76. The number of carbonyl (C=O) groups is 1. The number of benzene rings is 2. The SMILES string of the molecule is COc1cc(C)c(S(=O)(=O)N2CCCCC2COCC(=O)NCc2ccc(N3CCCCC3)cc2)c(C)c1. The van der Waals surface area contributed by atoms with Crippen LogP contribution in [-0.4, -0.2) is 64.6 Å². The van der Waals surface area contributed by atoms with Gasteiger partial charge in [-0.1, -0.05) is 18.6 Å². The normalized spacial score (nSPS) is 18.8. The van der Waals surface area contributed by atoms with E-state index < -0.39 is 10.0 Å². The lowest BCUT2D eigenvalue weighted by molar-refractivity contribution is -0.126. The maximum absolute atomic E-state index is 13.7. The van der Waals surface area contributed by atoms with Crippen LogP contribution in [0.2, 0.25) is 0 Å². The number of aryl methyl sites for hydroxylation is 2. The Morgan fingerprint density at radius 1 is 0.974 bits per heavy atom. The van der Waals surface area contributed by atoms with E-state index in [1.165, 1.54) is 24.9 Å². The van der Waals surface area contributed by atoms with E-state index >= 15 is 0 Å². The number of hydrogen-bond donors (Lipinski definition) is 1. The minimum atomic E-state index is -3.71. The Morgan fingerprint density at radius 2 is 1.63 bits per heavy atom. The van der Waals surface area contributed by atoms with Gasteiger partial charge in [0.25, 0.3) is 0 Å². The number of carbonyl (C=O) groups excluding carboxylic acids is 1. The Hall–Kier alpha value is -2.62. The van der Waals surface area contributed by atoms with Gasteiger partial charge in [0.05, 0.1) is 18.6 Å². The van der Waals surface area contributed by atoms with Crippen molar-refractivity contribution in [2.45, 2.75) is 69.9 Å². The van der Waals surface area contributed by atoms with Gasteiger partial charge in [-0.3, -0.25) is 4.79 Å². The average molecular weight is 544 g/mol. The van der Waals surface area contributed by atoms with Crippen molar-refractivity contribution in [1.82, 2.24) is 9.62 Å². The summed E-state index contributed by atoms with van der Waals surface area (Å²) in [4.78, 5) is 15.2. The number of nitrogens with one attached hydrogen (secondary N) is 1. The summed E-state index contributed by atoms with van der Waals surface area (Å²) in [7, 11) is -2.14. The summed E-state index contributed by atoms with van der Waals surface area (Å²) in [6.45, 7) is 6.76. The first kappa shape index (κ1) is 28.4. The number of rotatable bonds is 10. The van der Waals surface area contributed by atoms with E-state index in [-0.39, 0.29) is 25.2 Å². The predicted octanol–water partition coefficient (Wildman–Crippen LogP) is 4.18. The van der Waals surface area contributed by atoms with E-state index in [4.69, 9.17) is 9.47 Å².